The summed E-state index contributed by atoms with van der Waals surface area (Å²) in [5.74, 6) is 0.498. The topological polar surface area (TPSA) is 103 Å². The minimum atomic E-state index is -0.635. The molecule has 0 radical (unpaired) electrons. The first-order chi connectivity index (χ1) is 15.6. The number of ether oxygens (including phenoxy) is 3. The molecule has 2 rings (SSSR count). The van der Waals surface area contributed by atoms with Crippen LogP contribution >= 0.6 is 11.8 Å². The van der Waals surface area contributed by atoms with Crippen LogP contribution in [0.25, 0.3) is 0 Å². The van der Waals surface area contributed by atoms with Crippen molar-refractivity contribution in [2.45, 2.75) is 6.42 Å². The highest BCUT2D eigenvalue weighted by Crippen LogP contribution is 2.11. The number of rotatable bonds is 13. The normalized spacial score (nSPS) is 11.2. The summed E-state index contributed by atoms with van der Waals surface area (Å²) in [4.78, 5) is 36.2. The van der Waals surface area contributed by atoms with E-state index in [-0.39, 0.29) is 32.2 Å². The summed E-state index contributed by atoms with van der Waals surface area (Å²) in [7, 11) is 0. The number of benzene rings is 2. The van der Waals surface area contributed by atoms with Gasteiger partial charge in [0.15, 0.2) is 6.61 Å². The van der Waals surface area contributed by atoms with Gasteiger partial charge >= 0.3 is 12.1 Å². The number of hydrogen-bond donors (Lipinski definition) is 2. The van der Waals surface area contributed by atoms with Gasteiger partial charge in [0.2, 0.25) is 0 Å². The molecule has 0 heterocycles. The van der Waals surface area contributed by atoms with E-state index in [0.29, 0.717) is 17.9 Å². The zero-order chi connectivity index (χ0) is 23.0. The van der Waals surface area contributed by atoms with Gasteiger partial charge in [-0.25, -0.2) is 4.79 Å². The average Bonchev–Trinajstić information content (AvgIpc) is 2.81. The molecule has 2 aromatic rings. The van der Waals surface area contributed by atoms with Crippen molar-refractivity contribution in [2.24, 2.45) is 5.92 Å². The van der Waals surface area contributed by atoms with E-state index in [1.165, 1.54) is 0 Å². The molecule has 0 spiro atoms. The second-order valence-electron chi connectivity index (χ2n) is 6.68. The maximum Gasteiger partial charge on any atom is 0.412 e. The highest BCUT2D eigenvalue weighted by molar-refractivity contribution is 7.98. The summed E-state index contributed by atoms with van der Waals surface area (Å²) < 4.78 is 15.8. The molecule has 0 saturated heterocycles. The van der Waals surface area contributed by atoms with Crippen LogP contribution in [0, 0.1) is 5.92 Å². The van der Waals surface area contributed by atoms with Gasteiger partial charge in [-0.3, -0.25) is 9.59 Å². The van der Waals surface area contributed by atoms with Gasteiger partial charge < -0.3 is 24.8 Å². The van der Waals surface area contributed by atoms with E-state index < -0.39 is 18.0 Å². The highest BCUT2D eigenvalue weighted by Gasteiger charge is 2.21. The fraction of sp³-hybridized carbons (Fsp3) is 0.348. The zero-order valence-corrected chi connectivity index (χ0v) is 18.8. The third-order valence-electron chi connectivity index (χ3n) is 4.23. The lowest BCUT2D eigenvalue weighted by Crippen LogP contribution is -2.37. The lowest BCUT2D eigenvalue weighted by atomic mass is 10.1. The van der Waals surface area contributed by atoms with Crippen LogP contribution in [0.4, 0.5) is 4.79 Å². The monoisotopic (exact) mass is 460 g/mol. The third kappa shape index (κ3) is 10.2. The Hall–Kier alpha value is -3.20. The molecule has 9 heteroatoms. The fourth-order valence-corrected chi connectivity index (χ4v) is 3.10. The van der Waals surface area contributed by atoms with Crippen molar-refractivity contribution in [3.63, 3.8) is 0 Å². The second kappa shape index (κ2) is 14.7. The van der Waals surface area contributed by atoms with Crippen LogP contribution in [0.15, 0.2) is 60.7 Å². The Bertz CT molecular complexity index is 835. The van der Waals surface area contributed by atoms with Gasteiger partial charge in [-0.1, -0.05) is 36.4 Å². The Morgan fingerprint density at radius 1 is 0.938 bits per heavy atom. The van der Waals surface area contributed by atoms with Crippen molar-refractivity contribution in [3.8, 4) is 11.5 Å². The van der Waals surface area contributed by atoms with Gasteiger partial charge in [0, 0.05) is 6.54 Å². The van der Waals surface area contributed by atoms with Gasteiger partial charge in [-0.05, 0) is 42.7 Å². The van der Waals surface area contributed by atoms with E-state index >= 15 is 0 Å². The molecule has 0 aliphatic rings. The van der Waals surface area contributed by atoms with Crippen LogP contribution in [0.3, 0.4) is 0 Å². The molecule has 0 bridgehead atoms. The van der Waals surface area contributed by atoms with Crippen LogP contribution in [0.5, 0.6) is 11.5 Å². The van der Waals surface area contributed by atoms with Crippen molar-refractivity contribution in [3.05, 3.63) is 60.7 Å². The molecule has 0 fully saturated rings. The van der Waals surface area contributed by atoms with Crippen molar-refractivity contribution >= 4 is 29.7 Å². The van der Waals surface area contributed by atoms with Crippen LogP contribution < -0.4 is 20.1 Å². The molecule has 172 valence electrons. The van der Waals surface area contributed by atoms with E-state index in [4.69, 9.17) is 14.2 Å². The van der Waals surface area contributed by atoms with E-state index in [1.54, 1.807) is 48.2 Å². The summed E-state index contributed by atoms with van der Waals surface area (Å²) in [6.07, 6.45) is 1.85. The lowest BCUT2D eigenvalue weighted by Gasteiger charge is -2.16. The molecule has 2 N–H and O–H groups in total. The predicted molar refractivity (Wildman–Crippen MR) is 123 cm³/mol. The molecule has 0 saturated carbocycles. The third-order valence-corrected chi connectivity index (χ3v) is 4.88. The summed E-state index contributed by atoms with van der Waals surface area (Å²) in [6.45, 7) is 0.172. The molecule has 0 aromatic heterocycles. The molecule has 1 unspecified atom stereocenters. The van der Waals surface area contributed by atoms with E-state index in [2.05, 4.69) is 10.6 Å². The Balaban J connectivity index is 1.67. The molecule has 0 aliphatic carbocycles. The van der Waals surface area contributed by atoms with E-state index in [0.717, 1.165) is 5.75 Å². The number of carbonyl (C=O) groups is 3. The molecule has 2 amide bonds. The minimum absolute atomic E-state index is 0.0279. The first kappa shape index (κ1) is 25.1. The number of para-hydroxylation sites is 2. The van der Waals surface area contributed by atoms with Gasteiger partial charge in [-0.15, -0.1) is 0 Å². The number of hydrogen-bond acceptors (Lipinski definition) is 7. The number of carbonyl (C=O) groups excluding carboxylic acids is 3. The molecule has 1 atom stereocenters. The standard InChI is InChI=1S/C23H28N2O6S/c1-32-15-12-18(16-25-23(28)31-20-10-6-3-7-11-20)22(27)29-14-13-24-21(26)17-30-19-8-4-2-5-9-19/h2-11,18H,12-17H2,1H3,(H,24,26)(H,25,28). The largest absolute Gasteiger partial charge is 0.484 e. The minimum Gasteiger partial charge on any atom is -0.484 e. The summed E-state index contributed by atoms with van der Waals surface area (Å²) in [5.41, 5.74) is 0. The predicted octanol–water partition coefficient (Wildman–Crippen LogP) is 2.88. The number of amides is 2. The smallest absolute Gasteiger partial charge is 0.412 e. The fourth-order valence-electron chi connectivity index (χ4n) is 2.58. The van der Waals surface area contributed by atoms with Crippen LogP contribution in [0.1, 0.15) is 6.42 Å². The number of nitrogens with one attached hydrogen (secondary N) is 2. The first-order valence-corrected chi connectivity index (χ1v) is 11.6. The average molecular weight is 461 g/mol. The Morgan fingerprint density at radius 3 is 2.25 bits per heavy atom. The first-order valence-electron chi connectivity index (χ1n) is 10.2. The maximum absolute atomic E-state index is 12.4. The SMILES string of the molecule is CSCCC(CNC(=O)Oc1ccccc1)C(=O)OCCNC(=O)COc1ccccc1. The molecule has 32 heavy (non-hydrogen) atoms. The summed E-state index contributed by atoms with van der Waals surface area (Å²) >= 11 is 1.60. The quantitative estimate of drug-likeness (QED) is 0.350. The molecule has 8 nitrogen and oxygen atoms in total. The van der Waals surface area contributed by atoms with Crippen LogP contribution in [-0.2, 0) is 14.3 Å². The van der Waals surface area contributed by atoms with Gasteiger partial charge in [0.05, 0.1) is 12.5 Å². The van der Waals surface area contributed by atoms with E-state index in [1.807, 2.05) is 30.5 Å². The van der Waals surface area contributed by atoms with Crippen molar-refractivity contribution in [1.29, 1.82) is 0 Å². The molecule has 0 aliphatic heterocycles. The van der Waals surface area contributed by atoms with E-state index in [9.17, 15) is 14.4 Å². The van der Waals surface area contributed by atoms with Gasteiger partial charge in [0.1, 0.15) is 18.1 Å². The lowest BCUT2D eigenvalue weighted by molar-refractivity contribution is -0.148. The molecular formula is C23H28N2O6S. The summed E-state index contributed by atoms with van der Waals surface area (Å²) in [6, 6.07) is 17.7. The number of thioether (sulfide) groups is 1. The summed E-state index contributed by atoms with van der Waals surface area (Å²) in [5, 5.41) is 5.24. The van der Waals surface area contributed by atoms with Crippen LogP contribution in [-0.4, -0.2) is 56.3 Å². The second-order valence-corrected chi connectivity index (χ2v) is 7.67. The Kier molecular flexibility index (Phi) is 11.5. The van der Waals surface area contributed by atoms with Crippen molar-refractivity contribution in [2.75, 3.05) is 38.3 Å². The maximum atomic E-state index is 12.4. The van der Waals surface area contributed by atoms with Crippen molar-refractivity contribution < 1.29 is 28.6 Å². The molecule has 2 aromatic carbocycles. The van der Waals surface area contributed by atoms with Gasteiger partial charge in [-0.2, -0.15) is 11.8 Å². The Morgan fingerprint density at radius 2 is 1.59 bits per heavy atom. The van der Waals surface area contributed by atoms with Gasteiger partial charge in [0.25, 0.3) is 5.91 Å². The zero-order valence-electron chi connectivity index (χ0n) is 18.0. The molecular weight excluding hydrogens is 432 g/mol. The van der Waals surface area contributed by atoms with Crippen molar-refractivity contribution in [1.82, 2.24) is 10.6 Å². The Labute approximate surface area is 192 Å². The highest BCUT2D eigenvalue weighted by atomic mass is 32.2. The number of esters is 1. The van der Waals surface area contributed by atoms with Crippen LogP contribution in [0.2, 0.25) is 0 Å².